The Bertz CT molecular complexity index is 672. The monoisotopic (exact) mass is 288 g/mol. The van der Waals surface area contributed by atoms with Gasteiger partial charge in [0.25, 0.3) is 11.6 Å². The third kappa shape index (κ3) is 2.51. The fourth-order valence-corrected chi connectivity index (χ4v) is 2.93. The number of likely N-dealkylation sites (tertiary alicyclic amines) is 1. The van der Waals surface area contributed by atoms with Crippen molar-refractivity contribution in [3.05, 3.63) is 23.0 Å². The van der Waals surface area contributed by atoms with E-state index in [9.17, 15) is 4.79 Å². The van der Waals surface area contributed by atoms with E-state index in [1.54, 1.807) is 0 Å². The molecular formula is C15H20N4O2. The van der Waals surface area contributed by atoms with Gasteiger partial charge in [0, 0.05) is 24.8 Å². The number of rotatable bonds is 2. The molecule has 1 amide bonds. The van der Waals surface area contributed by atoms with E-state index >= 15 is 0 Å². The molecule has 1 aliphatic heterocycles. The van der Waals surface area contributed by atoms with Crippen molar-refractivity contribution >= 4 is 17.0 Å². The molecule has 0 saturated carbocycles. The van der Waals surface area contributed by atoms with Gasteiger partial charge in [-0.3, -0.25) is 4.79 Å². The molecule has 0 unspecified atom stereocenters. The maximum Gasteiger partial charge on any atom is 0.258 e. The van der Waals surface area contributed by atoms with Crippen molar-refractivity contribution in [3.8, 4) is 0 Å². The van der Waals surface area contributed by atoms with E-state index in [4.69, 9.17) is 4.52 Å². The lowest BCUT2D eigenvalue weighted by molar-refractivity contribution is 0.0709. The summed E-state index contributed by atoms with van der Waals surface area (Å²) in [6, 6.07) is 2.34. The maximum atomic E-state index is 12.8. The second kappa shape index (κ2) is 5.44. The van der Waals surface area contributed by atoms with E-state index in [0.29, 0.717) is 23.0 Å². The molecule has 0 radical (unpaired) electrons. The van der Waals surface area contributed by atoms with Crippen LogP contribution in [-0.4, -0.2) is 47.1 Å². The average Bonchev–Trinajstić information content (AvgIpc) is 2.87. The van der Waals surface area contributed by atoms with Crippen LogP contribution in [0.3, 0.4) is 0 Å². The van der Waals surface area contributed by atoms with Gasteiger partial charge in [-0.05, 0) is 39.8 Å². The van der Waals surface area contributed by atoms with Gasteiger partial charge in [-0.25, -0.2) is 4.98 Å². The van der Waals surface area contributed by atoms with E-state index < -0.39 is 0 Å². The number of nitrogens with zero attached hydrogens (tertiary/aromatic N) is 3. The molecule has 0 atom stereocenters. The van der Waals surface area contributed by atoms with Crippen LogP contribution in [0.25, 0.3) is 11.1 Å². The zero-order valence-electron chi connectivity index (χ0n) is 12.6. The van der Waals surface area contributed by atoms with Gasteiger partial charge in [0.2, 0.25) is 0 Å². The first kappa shape index (κ1) is 14.0. The quantitative estimate of drug-likeness (QED) is 0.910. The van der Waals surface area contributed by atoms with Crippen molar-refractivity contribution < 1.29 is 9.32 Å². The average molecular weight is 288 g/mol. The summed E-state index contributed by atoms with van der Waals surface area (Å²) in [5.74, 6) is 0.0475. The van der Waals surface area contributed by atoms with E-state index in [2.05, 4.69) is 15.5 Å². The number of carbonyl (C=O) groups excluding carboxylic acids is 1. The highest BCUT2D eigenvalue weighted by atomic mass is 16.5. The molecule has 6 heteroatoms. The molecular weight excluding hydrogens is 268 g/mol. The number of hydrogen-bond donors (Lipinski definition) is 1. The summed E-state index contributed by atoms with van der Waals surface area (Å²) < 4.78 is 5.20. The van der Waals surface area contributed by atoms with E-state index in [1.807, 2.05) is 31.9 Å². The Morgan fingerprint density at radius 1 is 1.38 bits per heavy atom. The number of carbonyl (C=O) groups is 1. The summed E-state index contributed by atoms with van der Waals surface area (Å²) in [5.41, 5.74) is 2.58. The standard InChI is InChI=1S/C15H20N4O2/c1-9-8-12(13-10(2)18-21-14(13)17-9)15(20)19-6-4-11(16-3)5-7-19/h8,11,16H,4-7H2,1-3H3. The first-order chi connectivity index (χ1) is 10.1. The summed E-state index contributed by atoms with van der Waals surface area (Å²) in [6.07, 6.45) is 1.97. The summed E-state index contributed by atoms with van der Waals surface area (Å²) >= 11 is 0. The molecule has 1 aliphatic rings. The van der Waals surface area contributed by atoms with Crippen molar-refractivity contribution in [3.63, 3.8) is 0 Å². The zero-order chi connectivity index (χ0) is 15.0. The van der Waals surface area contributed by atoms with Crippen LogP contribution in [0.1, 0.15) is 34.6 Å². The Morgan fingerprint density at radius 3 is 2.76 bits per heavy atom. The summed E-state index contributed by atoms with van der Waals surface area (Å²) in [4.78, 5) is 19.0. The Kier molecular flexibility index (Phi) is 3.63. The predicted octanol–water partition coefficient (Wildman–Crippen LogP) is 1.66. The van der Waals surface area contributed by atoms with Crippen LogP contribution in [-0.2, 0) is 0 Å². The molecule has 2 aromatic heterocycles. The second-order valence-corrected chi connectivity index (χ2v) is 5.61. The highest BCUT2D eigenvalue weighted by Crippen LogP contribution is 2.24. The number of aromatic nitrogens is 2. The lowest BCUT2D eigenvalue weighted by Crippen LogP contribution is -2.44. The molecule has 3 heterocycles. The molecule has 6 nitrogen and oxygen atoms in total. The minimum absolute atomic E-state index is 0.0475. The first-order valence-electron chi connectivity index (χ1n) is 7.30. The van der Waals surface area contributed by atoms with Crippen LogP contribution < -0.4 is 5.32 Å². The smallest absolute Gasteiger partial charge is 0.258 e. The van der Waals surface area contributed by atoms with Gasteiger partial charge in [-0.1, -0.05) is 5.16 Å². The van der Waals surface area contributed by atoms with E-state index in [1.165, 1.54) is 0 Å². The molecule has 3 rings (SSSR count). The van der Waals surface area contributed by atoms with Gasteiger partial charge in [-0.2, -0.15) is 0 Å². The van der Waals surface area contributed by atoms with Crippen molar-refractivity contribution in [2.75, 3.05) is 20.1 Å². The number of nitrogens with one attached hydrogen (secondary N) is 1. The lowest BCUT2D eigenvalue weighted by atomic mass is 10.0. The molecule has 0 spiro atoms. The summed E-state index contributed by atoms with van der Waals surface area (Å²) in [7, 11) is 1.97. The first-order valence-corrected chi connectivity index (χ1v) is 7.30. The fourth-order valence-electron chi connectivity index (χ4n) is 2.93. The van der Waals surface area contributed by atoms with Crippen LogP contribution in [0.15, 0.2) is 10.6 Å². The molecule has 1 N–H and O–H groups in total. The van der Waals surface area contributed by atoms with Gasteiger partial charge < -0.3 is 14.7 Å². The Balaban J connectivity index is 1.93. The summed E-state index contributed by atoms with van der Waals surface area (Å²) in [6.45, 7) is 5.25. The largest absolute Gasteiger partial charge is 0.339 e. The van der Waals surface area contributed by atoms with Crippen molar-refractivity contribution in [2.45, 2.75) is 32.7 Å². The highest BCUT2D eigenvalue weighted by molar-refractivity contribution is 6.06. The molecule has 21 heavy (non-hydrogen) atoms. The fraction of sp³-hybridized carbons (Fsp3) is 0.533. The molecule has 0 bridgehead atoms. The normalized spacial score (nSPS) is 16.6. The predicted molar refractivity (Wildman–Crippen MR) is 79.3 cm³/mol. The van der Waals surface area contributed by atoms with Crippen LogP contribution in [0.4, 0.5) is 0 Å². The molecule has 1 fully saturated rings. The third-order valence-electron chi connectivity index (χ3n) is 4.17. The number of aryl methyl sites for hydroxylation is 2. The number of hydrogen-bond acceptors (Lipinski definition) is 5. The van der Waals surface area contributed by atoms with Crippen LogP contribution in [0.2, 0.25) is 0 Å². The van der Waals surface area contributed by atoms with E-state index in [-0.39, 0.29) is 5.91 Å². The topological polar surface area (TPSA) is 71.3 Å². The Labute approximate surface area is 123 Å². The Hall–Kier alpha value is -1.95. The molecule has 1 saturated heterocycles. The van der Waals surface area contributed by atoms with Crippen molar-refractivity contribution in [1.29, 1.82) is 0 Å². The van der Waals surface area contributed by atoms with Crippen LogP contribution in [0.5, 0.6) is 0 Å². The van der Waals surface area contributed by atoms with Gasteiger partial charge in [0.1, 0.15) is 0 Å². The Morgan fingerprint density at radius 2 is 2.10 bits per heavy atom. The molecule has 0 aromatic carbocycles. The number of amides is 1. The zero-order valence-corrected chi connectivity index (χ0v) is 12.6. The molecule has 2 aromatic rings. The van der Waals surface area contributed by atoms with Gasteiger partial charge in [-0.15, -0.1) is 0 Å². The lowest BCUT2D eigenvalue weighted by Gasteiger charge is -2.32. The molecule has 112 valence electrons. The van der Waals surface area contributed by atoms with Crippen molar-refractivity contribution in [2.24, 2.45) is 0 Å². The third-order valence-corrected chi connectivity index (χ3v) is 4.17. The minimum Gasteiger partial charge on any atom is -0.339 e. The highest BCUT2D eigenvalue weighted by Gasteiger charge is 2.26. The number of fused-ring (bicyclic) bond motifs is 1. The second-order valence-electron chi connectivity index (χ2n) is 5.61. The van der Waals surface area contributed by atoms with E-state index in [0.717, 1.165) is 37.0 Å². The summed E-state index contributed by atoms with van der Waals surface area (Å²) in [5, 5.41) is 7.94. The minimum atomic E-state index is 0.0475. The van der Waals surface area contributed by atoms with Crippen LogP contribution in [0, 0.1) is 13.8 Å². The van der Waals surface area contributed by atoms with Crippen LogP contribution >= 0.6 is 0 Å². The van der Waals surface area contributed by atoms with Crippen molar-refractivity contribution in [1.82, 2.24) is 20.4 Å². The molecule has 0 aliphatic carbocycles. The van der Waals surface area contributed by atoms with Gasteiger partial charge in [0.15, 0.2) is 0 Å². The SMILES string of the molecule is CNC1CCN(C(=O)c2cc(C)nc3onc(C)c23)CC1. The number of pyridine rings is 1. The maximum absolute atomic E-state index is 12.8. The van der Waals surface area contributed by atoms with Gasteiger partial charge in [0.05, 0.1) is 16.6 Å². The van der Waals surface area contributed by atoms with Gasteiger partial charge >= 0.3 is 0 Å². The number of piperidine rings is 1.